The van der Waals surface area contributed by atoms with Crippen molar-refractivity contribution in [2.45, 2.75) is 50.7 Å². The molecule has 1 atom stereocenters. The monoisotopic (exact) mass is 365 g/mol. The van der Waals surface area contributed by atoms with Crippen molar-refractivity contribution in [3.05, 3.63) is 23.4 Å². The van der Waals surface area contributed by atoms with Crippen LogP contribution in [0.5, 0.6) is 0 Å². The summed E-state index contributed by atoms with van der Waals surface area (Å²) in [5.41, 5.74) is -0.619. The SMILES string of the molecule is CCNC(=NCC1(O)CCCC1)NC1CCN(c2ncccc2Cl)C1. The van der Waals surface area contributed by atoms with Crippen LogP contribution in [-0.2, 0) is 0 Å². The molecule has 1 aliphatic carbocycles. The Morgan fingerprint density at radius 1 is 1.48 bits per heavy atom. The van der Waals surface area contributed by atoms with E-state index in [1.165, 1.54) is 0 Å². The quantitative estimate of drug-likeness (QED) is 0.551. The first-order valence-electron chi connectivity index (χ1n) is 9.22. The molecule has 6 nitrogen and oxygen atoms in total. The van der Waals surface area contributed by atoms with Crippen molar-refractivity contribution < 1.29 is 5.11 Å². The van der Waals surface area contributed by atoms with E-state index in [1.54, 1.807) is 6.20 Å². The number of anilines is 1. The second-order valence-electron chi connectivity index (χ2n) is 7.01. The molecule has 0 bridgehead atoms. The molecule has 2 heterocycles. The van der Waals surface area contributed by atoms with E-state index in [2.05, 4.69) is 32.4 Å². The molecule has 0 radical (unpaired) electrons. The van der Waals surface area contributed by atoms with Gasteiger partial charge >= 0.3 is 0 Å². The van der Waals surface area contributed by atoms with Gasteiger partial charge in [0.25, 0.3) is 0 Å². The van der Waals surface area contributed by atoms with E-state index in [0.29, 0.717) is 11.6 Å². The fourth-order valence-electron chi connectivity index (χ4n) is 3.61. The average Bonchev–Trinajstić information content (AvgIpc) is 3.23. The van der Waals surface area contributed by atoms with Crippen LogP contribution >= 0.6 is 11.6 Å². The maximum absolute atomic E-state index is 10.5. The number of aliphatic hydroxyl groups is 1. The van der Waals surface area contributed by atoms with Crippen LogP contribution in [0, 0.1) is 0 Å². The van der Waals surface area contributed by atoms with Crippen molar-refractivity contribution in [1.29, 1.82) is 0 Å². The predicted molar refractivity (Wildman–Crippen MR) is 102 cm³/mol. The van der Waals surface area contributed by atoms with Crippen LogP contribution in [0.4, 0.5) is 5.82 Å². The number of nitrogens with one attached hydrogen (secondary N) is 2. The summed E-state index contributed by atoms with van der Waals surface area (Å²) in [5.74, 6) is 1.62. The molecule has 0 aromatic carbocycles. The van der Waals surface area contributed by atoms with Crippen LogP contribution in [0.15, 0.2) is 23.3 Å². The van der Waals surface area contributed by atoms with Crippen LogP contribution in [0.2, 0.25) is 5.02 Å². The Morgan fingerprint density at radius 3 is 3.00 bits per heavy atom. The smallest absolute Gasteiger partial charge is 0.191 e. The Balaban J connectivity index is 1.58. The minimum Gasteiger partial charge on any atom is -0.388 e. The van der Waals surface area contributed by atoms with Crippen molar-refractivity contribution in [2.75, 3.05) is 31.1 Å². The molecule has 1 aromatic rings. The van der Waals surface area contributed by atoms with E-state index < -0.39 is 5.60 Å². The molecule has 3 rings (SSSR count). The standard InChI is InChI=1S/C18H28ClN5O/c1-2-20-17(22-13-18(25)8-3-4-9-18)23-14-7-11-24(12-14)16-15(19)6-5-10-21-16/h5-6,10,14,25H,2-4,7-9,11-13H2,1H3,(H2,20,22,23). The fraction of sp³-hybridized carbons (Fsp3) is 0.667. The second kappa shape index (κ2) is 8.23. The van der Waals surface area contributed by atoms with Gasteiger partial charge in [-0.2, -0.15) is 0 Å². The normalized spacial score (nSPS) is 23.1. The van der Waals surface area contributed by atoms with Gasteiger partial charge in [-0.15, -0.1) is 0 Å². The van der Waals surface area contributed by atoms with Crippen LogP contribution in [-0.4, -0.2) is 53.9 Å². The Morgan fingerprint density at radius 2 is 2.28 bits per heavy atom. The zero-order valence-corrected chi connectivity index (χ0v) is 15.6. The Hall–Kier alpha value is -1.53. The first-order valence-corrected chi connectivity index (χ1v) is 9.60. The van der Waals surface area contributed by atoms with Gasteiger partial charge in [0.2, 0.25) is 0 Å². The molecule has 2 fully saturated rings. The average molecular weight is 366 g/mol. The first-order chi connectivity index (χ1) is 12.1. The van der Waals surface area contributed by atoms with E-state index in [4.69, 9.17) is 11.6 Å². The third kappa shape index (κ3) is 4.76. The number of aliphatic imine (C=N–C) groups is 1. The number of guanidine groups is 1. The van der Waals surface area contributed by atoms with Gasteiger partial charge in [0, 0.05) is 31.9 Å². The first kappa shape index (κ1) is 18.3. The molecule has 1 aromatic heterocycles. The summed E-state index contributed by atoms with van der Waals surface area (Å²) in [4.78, 5) is 11.2. The van der Waals surface area contributed by atoms with Crippen molar-refractivity contribution >= 4 is 23.4 Å². The van der Waals surface area contributed by atoms with E-state index in [-0.39, 0.29) is 6.04 Å². The lowest BCUT2D eigenvalue weighted by Gasteiger charge is -2.22. The summed E-state index contributed by atoms with van der Waals surface area (Å²) >= 11 is 6.26. The summed E-state index contributed by atoms with van der Waals surface area (Å²) in [7, 11) is 0. The molecule has 2 aliphatic rings. The molecule has 25 heavy (non-hydrogen) atoms. The predicted octanol–water partition coefficient (Wildman–Crippen LogP) is 2.17. The zero-order valence-electron chi connectivity index (χ0n) is 14.8. The lowest BCUT2D eigenvalue weighted by molar-refractivity contribution is 0.0574. The molecule has 1 saturated carbocycles. The Kier molecular flexibility index (Phi) is 6.02. The molecule has 138 valence electrons. The van der Waals surface area contributed by atoms with Crippen LogP contribution in [0.1, 0.15) is 39.0 Å². The number of pyridine rings is 1. The van der Waals surface area contributed by atoms with Crippen molar-refractivity contribution in [3.8, 4) is 0 Å². The number of rotatable bonds is 5. The number of halogens is 1. The summed E-state index contributed by atoms with van der Waals surface area (Å²) in [6.07, 6.45) is 6.67. The highest BCUT2D eigenvalue weighted by atomic mass is 35.5. The lowest BCUT2D eigenvalue weighted by Crippen LogP contribution is -2.45. The van der Waals surface area contributed by atoms with Crippen LogP contribution in [0.3, 0.4) is 0 Å². The minimum atomic E-state index is -0.619. The Bertz CT molecular complexity index is 603. The molecule has 0 amide bonds. The second-order valence-corrected chi connectivity index (χ2v) is 7.42. The van der Waals surface area contributed by atoms with Gasteiger partial charge in [-0.1, -0.05) is 24.4 Å². The molecule has 1 aliphatic heterocycles. The largest absolute Gasteiger partial charge is 0.388 e. The molecule has 0 spiro atoms. The third-order valence-corrected chi connectivity index (χ3v) is 5.27. The zero-order chi connectivity index (χ0) is 17.7. The minimum absolute atomic E-state index is 0.286. The molecular weight excluding hydrogens is 338 g/mol. The summed E-state index contributed by atoms with van der Waals surface area (Å²) < 4.78 is 0. The molecule has 7 heteroatoms. The Labute approximate surface area is 154 Å². The highest BCUT2D eigenvalue weighted by Crippen LogP contribution is 2.29. The fourth-order valence-corrected chi connectivity index (χ4v) is 3.85. The number of hydrogen-bond acceptors (Lipinski definition) is 4. The van der Waals surface area contributed by atoms with Crippen molar-refractivity contribution in [3.63, 3.8) is 0 Å². The molecular formula is C18H28ClN5O. The van der Waals surface area contributed by atoms with Crippen LogP contribution < -0.4 is 15.5 Å². The maximum Gasteiger partial charge on any atom is 0.191 e. The van der Waals surface area contributed by atoms with Gasteiger partial charge in [-0.05, 0) is 38.3 Å². The molecule has 1 unspecified atom stereocenters. The van der Waals surface area contributed by atoms with Gasteiger partial charge in [-0.25, -0.2) is 4.98 Å². The summed E-state index contributed by atoms with van der Waals surface area (Å²) in [6, 6.07) is 4.01. The third-order valence-electron chi connectivity index (χ3n) is 4.98. The molecule has 1 saturated heterocycles. The van der Waals surface area contributed by atoms with E-state index >= 15 is 0 Å². The maximum atomic E-state index is 10.5. The van der Waals surface area contributed by atoms with E-state index in [1.807, 2.05) is 12.1 Å². The highest BCUT2D eigenvalue weighted by Gasteiger charge is 2.31. The van der Waals surface area contributed by atoms with E-state index in [0.717, 1.165) is 63.5 Å². The van der Waals surface area contributed by atoms with Gasteiger partial charge in [0.15, 0.2) is 5.96 Å². The summed E-state index contributed by atoms with van der Waals surface area (Å²) in [6.45, 7) is 5.07. The summed E-state index contributed by atoms with van der Waals surface area (Å²) in [5, 5.41) is 18.0. The molecule has 3 N–H and O–H groups in total. The van der Waals surface area contributed by atoms with Gasteiger partial charge < -0.3 is 20.6 Å². The number of nitrogens with zero attached hydrogens (tertiary/aromatic N) is 3. The lowest BCUT2D eigenvalue weighted by atomic mass is 10.0. The van der Waals surface area contributed by atoms with Gasteiger partial charge in [0.05, 0.1) is 17.2 Å². The topological polar surface area (TPSA) is 72.8 Å². The van der Waals surface area contributed by atoms with Crippen LogP contribution in [0.25, 0.3) is 0 Å². The van der Waals surface area contributed by atoms with Gasteiger partial charge in [0.1, 0.15) is 5.82 Å². The highest BCUT2D eigenvalue weighted by molar-refractivity contribution is 6.32. The van der Waals surface area contributed by atoms with E-state index in [9.17, 15) is 5.11 Å². The van der Waals surface area contributed by atoms with Gasteiger partial charge in [-0.3, -0.25) is 4.99 Å². The van der Waals surface area contributed by atoms with Crippen molar-refractivity contribution in [2.24, 2.45) is 4.99 Å². The van der Waals surface area contributed by atoms with Crippen molar-refractivity contribution in [1.82, 2.24) is 15.6 Å². The number of aromatic nitrogens is 1. The number of hydrogen-bond donors (Lipinski definition) is 3.